The second-order valence-electron chi connectivity index (χ2n) is 23.6. The molecule has 7 aliphatic rings. The number of hydrogen-bond donors (Lipinski definition) is 8. The molecule has 0 radical (unpaired) electrons. The second-order valence-corrected chi connectivity index (χ2v) is 26.2. The molecule has 4 heterocycles. The fraction of sp³-hybridized carbons (Fsp3) is 0.643. The van der Waals surface area contributed by atoms with Gasteiger partial charge in [-0.2, -0.15) is 0 Å². The van der Waals surface area contributed by atoms with E-state index in [0.717, 1.165) is 22.3 Å². The van der Waals surface area contributed by atoms with Crippen LogP contribution >= 0.6 is 23.5 Å². The van der Waals surface area contributed by atoms with Crippen LogP contribution in [-0.4, -0.2) is 142 Å². The smallest absolute Gasteiger partial charge is 0.246 e. The zero-order valence-electron chi connectivity index (χ0n) is 45.2. The first-order valence-corrected chi connectivity index (χ1v) is 29.5. The van der Waals surface area contributed by atoms with E-state index in [2.05, 4.69) is 42.5 Å². The Labute approximate surface area is 455 Å². The summed E-state index contributed by atoms with van der Waals surface area (Å²) in [6, 6.07) is 9.89. The standard InChI is InChI=1S/C56H78N10O8S2/c1-29(57-7)47(67)61-39-21-23-75-41-27-55(3,4)45(65(41)53(39)73)51(71)63-43-35-15-11-9-13-31(35)25-37(43)49(69)59-33-17-19-34(20-18-33)60-50(70)38-26-32-14-10-12-16-36(32)44(38)64-52(72)46-56(5,6)28-42-66(46)54(74)40(22-24-76-42)62-48(68)30(2)58-8/h9-16,29-30,33-34,37-46,57-58H,17-28H2,1-8H3,(H,59,69)(H,60,70)(H,61,67)(H,62,68)(H,63,71)(H,64,72)/t29-,30-,33?,34?,37+,38+,39-,40-,41?,42?,43-,44-,45+,46+/m0/s1. The fourth-order valence-corrected chi connectivity index (χ4v) is 16.2. The van der Waals surface area contributed by atoms with E-state index < -0.39 is 71.0 Å². The van der Waals surface area contributed by atoms with Gasteiger partial charge in [0.05, 0.1) is 46.8 Å². The van der Waals surface area contributed by atoms with Crippen molar-refractivity contribution in [3.05, 3.63) is 70.8 Å². The van der Waals surface area contributed by atoms with Crippen molar-refractivity contribution in [3.8, 4) is 0 Å². The van der Waals surface area contributed by atoms with Crippen LogP contribution < -0.4 is 42.5 Å². The van der Waals surface area contributed by atoms with Crippen LogP contribution in [0.4, 0.5) is 0 Å². The molecule has 2 unspecified atom stereocenters. The molecule has 0 aromatic heterocycles. The van der Waals surface area contributed by atoms with Crippen LogP contribution in [0.5, 0.6) is 0 Å². The first kappa shape index (κ1) is 55.6. The highest BCUT2D eigenvalue weighted by Crippen LogP contribution is 2.49. The van der Waals surface area contributed by atoms with Gasteiger partial charge in [-0.3, -0.25) is 38.4 Å². The largest absolute Gasteiger partial charge is 0.353 e. The van der Waals surface area contributed by atoms with Crippen LogP contribution in [0, 0.1) is 22.7 Å². The average molecular weight is 1080 g/mol. The fourth-order valence-electron chi connectivity index (χ4n) is 13.1. The molecule has 2 aromatic carbocycles. The molecule has 0 bridgehead atoms. The van der Waals surface area contributed by atoms with E-state index in [0.29, 0.717) is 75.7 Å². The first-order chi connectivity index (χ1) is 36.2. The molecule has 412 valence electrons. The van der Waals surface area contributed by atoms with Crippen LogP contribution in [0.1, 0.15) is 127 Å². The monoisotopic (exact) mass is 1080 g/mol. The molecule has 20 heteroatoms. The zero-order valence-corrected chi connectivity index (χ0v) is 46.8. The van der Waals surface area contributed by atoms with Gasteiger partial charge in [-0.1, -0.05) is 76.2 Å². The highest BCUT2D eigenvalue weighted by molar-refractivity contribution is 8.00. The van der Waals surface area contributed by atoms with Gasteiger partial charge in [0.15, 0.2) is 0 Å². The minimum Gasteiger partial charge on any atom is -0.353 e. The number of carbonyl (C=O) groups is 8. The lowest BCUT2D eigenvalue weighted by Crippen LogP contribution is -2.58. The summed E-state index contributed by atoms with van der Waals surface area (Å²) in [5, 5.41) is 24.4. The topological polar surface area (TPSA) is 239 Å². The van der Waals surface area contributed by atoms with Gasteiger partial charge < -0.3 is 52.3 Å². The summed E-state index contributed by atoms with van der Waals surface area (Å²) >= 11 is 3.27. The Morgan fingerprint density at radius 3 is 1.26 bits per heavy atom. The van der Waals surface area contributed by atoms with Crippen molar-refractivity contribution in [2.24, 2.45) is 22.7 Å². The number of likely N-dealkylation sites (N-methyl/N-ethyl adjacent to an activating group) is 2. The second kappa shape index (κ2) is 22.7. The van der Waals surface area contributed by atoms with E-state index in [4.69, 9.17) is 0 Å². The normalized spacial score (nSPS) is 32.0. The number of carbonyl (C=O) groups excluding carboxylic acids is 8. The van der Waals surface area contributed by atoms with Crippen molar-refractivity contribution in [2.75, 3.05) is 25.6 Å². The SMILES string of the molecule is CN[C@@H](C)C(=O)N[C@H]1CCSC2CC(C)(C)[C@@H](C(=O)N[C@H]3c4ccccc4C[C@H]3C(=O)NC3CCC(NC(=O)[C@@H]4Cc5ccccc5[C@@H]4NC(=O)[C@H]4N5C(=O)[C@@H](NC(=O)[C@H](C)NC)CCSC5CC4(C)C)CC3)N2C1=O. The number of rotatable bonds is 14. The lowest BCUT2D eigenvalue weighted by Gasteiger charge is -2.36. The maximum atomic E-state index is 14.7. The van der Waals surface area contributed by atoms with Gasteiger partial charge in [0.1, 0.15) is 24.2 Å². The van der Waals surface area contributed by atoms with Crippen LogP contribution in [0.25, 0.3) is 0 Å². The van der Waals surface area contributed by atoms with E-state index in [-0.39, 0.29) is 70.1 Å². The Kier molecular flexibility index (Phi) is 16.6. The summed E-state index contributed by atoms with van der Waals surface area (Å²) in [5.41, 5.74) is 2.55. The molecule has 9 rings (SSSR count). The third-order valence-corrected chi connectivity index (χ3v) is 20.0. The summed E-state index contributed by atoms with van der Waals surface area (Å²) in [5.74, 6) is -1.93. The Balaban J connectivity index is 0.830. The maximum absolute atomic E-state index is 14.7. The molecule has 5 fully saturated rings. The maximum Gasteiger partial charge on any atom is 0.246 e. The van der Waals surface area contributed by atoms with E-state index in [1.54, 1.807) is 61.3 Å². The molecule has 12 atom stereocenters. The number of benzene rings is 2. The van der Waals surface area contributed by atoms with Crippen molar-refractivity contribution < 1.29 is 38.4 Å². The lowest BCUT2D eigenvalue weighted by molar-refractivity contribution is -0.144. The predicted molar refractivity (Wildman–Crippen MR) is 292 cm³/mol. The average Bonchev–Trinajstić information content (AvgIpc) is 4.06. The lowest BCUT2D eigenvalue weighted by atomic mass is 9.83. The number of nitrogens with zero attached hydrogens (tertiary/aromatic N) is 2. The molecular weight excluding hydrogens is 1000 g/mol. The Morgan fingerprint density at radius 2 is 0.895 bits per heavy atom. The van der Waals surface area contributed by atoms with Crippen molar-refractivity contribution in [1.82, 2.24) is 52.3 Å². The third-order valence-electron chi connectivity index (χ3n) is 17.5. The van der Waals surface area contributed by atoms with Crippen molar-refractivity contribution >= 4 is 70.8 Å². The van der Waals surface area contributed by atoms with E-state index in [9.17, 15) is 38.4 Å². The highest BCUT2D eigenvalue weighted by atomic mass is 32.2. The molecule has 0 spiro atoms. The molecule has 18 nitrogen and oxygen atoms in total. The molecule has 8 N–H and O–H groups in total. The summed E-state index contributed by atoms with van der Waals surface area (Å²) < 4.78 is 0. The van der Waals surface area contributed by atoms with Crippen molar-refractivity contribution in [2.45, 2.75) is 177 Å². The van der Waals surface area contributed by atoms with Gasteiger partial charge >= 0.3 is 0 Å². The van der Waals surface area contributed by atoms with Crippen LogP contribution in [0.3, 0.4) is 0 Å². The van der Waals surface area contributed by atoms with Gasteiger partial charge in [0.25, 0.3) is 0 Å². The number of thioether (sulfide) groups is 2. The minimum absolute atomic E-state index is 0.152. The number of fused-ring (bicyclic) bond motifs is 4. The van der Waals surface area contributed by atoms with E-state index in [1.807, 2.05) is 76.2 Å². The van der Waals surface area contributed by atoms with Crippen LogP contribution in [0.2, 0.25) is 0 Å². The summed E-state index contributed by atoms with van der Waals surface area (Å²) in [6.45, 7) is 11.5. The van der Waals surface area contributed by atoms with Crippen LogP contribution in [-0.2, 0) is 51.2 Å². The number of nitrogens with one attached hydrogen (secondary N) is 8. The summed E-state index contributed by atoms with van der Waals surface area (Å²) in [7, 11) is 3.38. The number of amides is 8. The van der Waals surface area contributed by atoms with Gasteiger partial charge in [-0.15, -0.1) is 23.5 Å². The van der Waals surface area contributed by atoms with Gasteiger partial charge in [0.2, 0.25) is 47.3 Å². The molecule has 3 aliphatic carbocycles. The predicted octanol–water partition coefficient (Wildman–Crippen LogP) is 2.96. The molecule has 2 aromatic rings. The Bertz CT molecular complexity index is 2420. The summed E-state index contributed by atoms with van der Waals surface area (Å²) in [6.07, 6.45) is 5.53. The Hall–Kier alpha value is -5.18. The molecular formula is C56H78N10O8S2. The molecule has 76 heavy (non-hydrogen) atoms. The van der Waals surface area contributed by atoms with Gasteiger partial charge in [-0.25, -0.2) is 0 Å². The third kappa shape index (κ3) is 11.1. The van der Waals surface area contributed by atoms with Crippen molar-refractivity contribution in [1.29, 1.82) is 0 Å². The number of hydrogen-bond acceptors (Lipinski definition) is 12. The summed E-state index contributed by atoms with van der Waals surface area (Å²) in [4.78, 5) is 116. The molecule has 1 saturated carbocycles. The van der Waals surface area contributed by atoms with E-state index >= 15 is 0 Å². The van der Waals surface area contributed by atoms with Gasteiger partial charge in [-0.05, 0) is 137 Å². The molecule has 8 amide bonds. The Morgan fingerprint density at radius 1 is 0.526 bits per heavy atom. The van der Waals surface area contributed by atoms with E-state index in [1.165, 1.54) is 0 Å². The molecule has 4 aliphatic heterocycles. The highest BCUT2D eigenvalue weighted by Gasteiger charge is 2.57. The quantitative estimate of drug-likeness (QED) is 0.136. The van der Waals surface area contributed by atoms with Crippen molar-refractivity contribution in [3.63, 3.8) is 0 Å². The van der Waals surface area contributed by atoms with Gasteiger partial charge in [0, 0.05) is 12.1 Å². The first-order valence-electron chi connectivity index (χ1n) is 27.4. The molecule has 4 saturated heterocycles. The van der Waals surface area contributed by atoms with Crippen LogP contribution in [0.15, 0.2) is 48.5 Å². The zero-order chi connectivity index (χ0) is 54.4. The minimum atomic E-state index is -0.817.